The van der Waals surface area contributed by atoms with E-state index in [1.54, 1.807) is 18.2 Å². The van der Waals surface area contributed by atoms with E-state index in [9.17, 15) is 18.0 Å². The lowest BCUT2D eigenvalue weighted by molar-refractivity contribution is -0.116. The number of carbonyl (C=O) groups is 2. The van der Waals surface area contributed by atoms with Crippen molar-refractivity contribution in [2.24, 2.45) is 5.92 Å². The van der Waals surface area contributed by atoms with Crippen LogP contribution in [0.1, 0.15) is 56.4 Å². The molecule has 4 rings (SSSR count). The maximum Gasteiger partial charge on any atom is 0.249 e. The molecule has 33 heavy (non-hydrogen) atoms. The van der Waals surface area contributed by atoms with E-state index >= 15 is 0 Å². The lowest BCUT2D eigenvalue weighted by Crippen LogP contribution is -2.38. The Bertz CT molecular complexity index is 1180. The van der Waals surface area contributed by atoms with Crippen molar-refractivity contribution in [3.8, 4) is 16.9 Å². The largest absolute Gasteiger partial charge is 0.495 e. The molecule has 1 N–H and O–H groups in total. The Hall–Kier alpha value is -2.72. The van der Waals surface area contributed by atoms with Crippen molar-refractivity contribution in [2.75, 3.05) is 25.5 Å². The summed E-state index contributed by atoms with van der Waals surface area (Å²) in [5, 5.41) is 7.29. The van der Waals surface area contributed by atoms with Crippen molar-refractivity contribution in [2.45, 2.75) is 57.3 Å². The first kappa shape index (κ1) is 23.4. The number of anilines is 1. The molecule has 1 aromatic carbocycles. The fourth-order valence-corrected chi connectivity index (χ4v) is 6.04. The number of aromatic nitrogens is 2. The summed E-state index contributed by atoms with van der Waals surface area (Å²) in [6, 6.07) is 4.94. The first-order chi connectivity index (χ1) is 15.8. The molecule has 0 saturated carbocycles. The first-order valence-corrected chi connectivity index (χ1v) is 12.8. The van der Waals surface area contributed by atoms with Crippen LogP contribution < -0.4 is 10.1 Å². The first-order valence-electron chi connectivity index (χ1n) is 11.4. The minimum absolute atomic E-state index is 0.0706. The van der Waals surface area contributed by atoms with Gasteiger partial charge in [-0.1, -0.05) is 26.3 Å². The van der Waals surface area contributed by atoms with E-state index in [1.165, 1.54) is 16.1 Å². The lowest BCUT2D eigenvalue weighted by Gasteiger charge is -2.30. The van der Waals surface area contributed by atoms with Crippen LogP contribution in [0.4, 0.5) is 5.82 Å². The second-order valence-electron chi connectivity index (χ2n) is 8.73. The minimum atomic E-state index is -3.79. The number of methoxy groups -OCH3 is 1. The van der Waals surface area contributed by atoms with E-state index in [2.05, 4.69) is 17.3 Å². The van der Waals surface area contributed by atoms with E-state index in [0.29, 0.717) is 48.1 Å². The van der Waals surface area contributed by atoms with E-state index < -0.39 is 10.0 Å². The van der Waals surface area contributed by atoms with Gasteiger partial charge in [-0.2, -0.15) is 14.1 Å². The van der Waals surface area contributed by atoms with Crippen molar-refractivity contribution < 1.29 is 22.7 Å². The molecule has 1 aromatic heterocycles. The fourth-order valence-electron chi connectivity index (χ4n) is 4.39. The van der Waals surface area contributed by atoms with E-state index in [0.717, 1.165) is 19.3 Å². The molecule has 1 amide bonds. The number of benzene rings is 1. The zero-order chi connectivity index (χ0) is 23.8. The van der Waals surface area contributed by atoms with Crippen LogP contribution in [0.5, 0.6) is 5.75 Å². The summed E-state index contributed by atoms with van der Waals surface area (Å²) < 4.78 is 35.3. The second-order valence-corrected chi connectivity index (χ2v) is 10.6. The molecule has 0 atom stereocenters. The zero-order valence-corrected chi connectivity index (χ0v) is 20.1. The van der Waals surface area contributed by atoms with Crippen LogP contribution in [0, 0.1) is 5.92 Å². The van der Waals surface area contributed by atoms with Crippen LogP contribution in [0.2, 0.25) is 0 Å². The number of nitrogens with one attached hydrogen (secondary N) is 1. The molecule has 0 radical (unpaired) electrons. The Balaban J connectivity index is 1.86. The highest BCUT2D eigenvalue weighted by molar-refractivity contribution is 7.89. The van der Waals surface area contributed by atoms with Crippen molar-refractivity contribution >= 4 is 27.7 Å². The summed E-state index contributed by atoms with van der Waals surface area (Å²) in [5.41, 5.74) is 1.79. The average molecular weight is 475 g/mol. The van der Waals surface area contributed by atoms with Gasteiger partial charge in [0, 0.05) is 31.5 Å². The van der Waals surface area contributed by atoms with Crippen molar-refractivity contribution in [1.29, 1.82) is 0 Å². The highest BCUT2D eigenvalue weighted by atomic mass is 32.2. The number of fused-ring (bicyclic) bond motifs is 1. The topological polar surface area (TPSA) is 111 Å². The molecule has 1 saturated heterocycles. The molecule has 2 aromatic rings. The molecular formula is C23H30N4O5S. The van der Waals surface area contributed by atoms with Crippen LogP contribution in [-0.2, 0) is 21.2 Å². The third-order valence-corrected chi connectivity index (χ3v) is 8.24. The monoisotopic (exact) mass is 474 g/mol. The molecule has 0 aliphatic carbocycles. The Morgan fingerprint density at radius 2 is 1.91 bits per heavy atom. The molecule has 0 bridgehead atoms. The number of aryl methyl sites for hydroxylation is 1. The van der Waals surface area contributed by atoms with Crippen LogP contribution in [0.25, 0.3) is 11.1 Å². The Morgan fingerprint density at radius 1 is 1.18 bits per heavy atom. The highest BCUT2D eigenvalue weighted by Gasteiger charge is 2.32. The van der Waals surface area contributed by atoms with Gasteiger partial charge in [0.15, 0.2) is 0 Å². The lowest BCUT2D eigenvalue weighted by atomic mass is 10.0. The van der Waals surface area contributed by atoms with Crippen molar-refractivity contribution in [3.63, 3.8) is 0 Å². The van der Waals surface area contributed by atoms with Crippen molar-refractivity contribution in [1.82, 2.24) is 14.1 Å². The van der Waals surface area contributed by atoms with E-state index in [-0.39, 0.29) is 35.3 Å². The van der Waals surface area contributed by atoms with Gasteiger partial charge in [0.2, 0.25) is 21.8 Å². The number of piperidine rings is 1. The molecule has 0 unspecified atom stereocenters. The molecule has 3 heterocycles. The molecule has 0 spiro atoms. The number of amides is 1. The number of carbonyl (C=O) groups excluding carboxylic acids is 2. The van der Waals surface area contributed by atoms with Gasteiger partial charge in [0.05, 0.1) is 12.8 Å². The summed E-state index contributed by atoms with van der Waals surface area (Å²) in [5.74, 6) is 0.509. The number of nitrogens with zero attached hydrogens (tertiary/aromatic N) is 3. The predicted octanol–water partition coefficient (Wildman–Crippen LogP) is 3.30. The summed E-state index contributed by atoms with van der Waals surface area (Å²) in [6.45, 7) is 5.05. The molecule has 9 nitrogen and oxygen atoms in total. The Kier molecular flexibility index (Phi) is 6.58. The van der Waals surface area contributed by atoms with Gasteiger partial charge >= 0.3 is 0 Å². The van der Waals surface area contributed by atoms with Gasteiger partial charge in [-0.25, -0.2) is 8.42 Å². The summed E-state index contributed by atoms with van der Waals surface area (Å²) >= 11 is 0. The summed E-state index contributed by atoms with van der Waals surface area (Å²) in [6.07, 6.45) is 3.14. The highest BCUT2D eigenvalue weighted by Crippen LogP contribution is 2.38. The number of hydrogen-bond donors (Lipinski definition) is 1. The van der Waals surface area contributed by atoms with Gasteiger partial charge < -0.3 is 10.1 Å². The van der Waals surface area contributed by atoms with E-state index in [1.807, 2.05) is 6.92 Å². The molecule has 178 valence electrons. The van der Waals surface area contributed by atoms with Gasteiger partial charge in [0.1, 0.15) is 16.5 Å². The second kappa shape index (κ2) is 9.26. The summed E-state index contributed by atoms with van der Waals surface area (Å²) in [7, 11) is -2.35. The zero-order valence-electron chi connectivity index (χ0n) is 19.3. The normalized spacial score (nSPS) is 18.0. The number of sulfonamides is 1. The van der Waals surface area contributed by atoms with Gasteiger partial charge in [-0.05, 0) is 42.9 Å². The fraction of sp³-hybridized carbons (Fsp3) is 0.522. The maximum atomic E-state index is 13.6. The summed E-state index contributed by atoms with van der Waals surface area (Å²) in [4.78, 5) is 24.9. The van der Waals surface area contributed by atoms with E-state index in [4.69, 9.17) is 4.74 Å². The molecule has 1 fully saturated rings. The third-order valence-electron chi connectivity index (χ3n) is 6.32. The number of rotatable bonds is 6. The Morgan fingerprint density at radius 3 is 2.58 bits per heavy atom. The molecule has 2 aliphatic rings. The van der Waals surface area contributed by atoms with Gasteiger partial charge in [-0.15, -0.1) is 0 Å². The standard InChI is InChI=1S/C23H30N4O5S/c1-4-5-17-22(23-24-20(28)8-9-21(29)27(23)25-17)16-6-7-18(32-3)19(14-16)33(30,31)26-12-10-15(2)11-13-26/h6-7,14-15H,4-5,8-13H2,1-3H3,(H,24,28). The quantitative estimate of drug-likeness (QED) is 0.688. The molecule has 10 heteroatoms. The molecular weight excluding hydrogens is 444 g/mol. The van der Waals surface area contributed by atoms with Crippen LogP contribution in [0.3, 0.4) is 0 Å². The average Bonchev–Trinajstić information content (AvgIpc) is 3.08. The van der Waals surface area contributed by atoms with Crippen LogP contribution in [-0.4, -0.2) is 54.5 Å². The van der Waals surface area contributed by atoms with Gasteiger partial charge in [0.25, 0.3) is 0 Å². The number of hydrogen-bond acceptors (Lipinski definition) is 6. The van der Waals surface area contributed by atoms with Crippen LogP contribution in [0.15, 0.2) is 23.1 Å². The molecule has 2 aliphatic heterocycles. The van der Waals surface area contributed by atoms with Gasteiger partial charge in [-0.3, -0.25) is 9.59 Å². The predicted molar refractivity (Wildman–Crippen MR) is 124 cm³/mol. The maximum absolute atomic E-state index is 13.6. The number of ether oxygens (including phenoxy) is 1. The SMILES string of the molecule is CCCc1nn2c(c1-c1ccc(OC)c(S(=O)(=O)N3CCC(C)CC3)c1)NC(=O)CCC2=O. The minimum Gasteiger partial charge on any atom is -0.495 e. The Labute approximate surface area is 194 Å². The smallest absolute Gasteiger partial charge is 0.249 e. The van der Waals surface area contributed by atoms with Crippen molar-refractivity contribution in [3.05, 3.63) is 23.9 Å². The third kappa shape index (κ3) is 4.41. The van der Waals surface area contributed by atoms with Crippen LogP contribution >= 0.6 is 0 Å².